The Labute approximate surface area is 154 Å². The molecule has 2 unspecified atom stereocenters. The number of rotatable bonds is 4. The van der Waals surface area contributed by atoms with Crippen molar-refractivity contribution in [1.82, 2.24) is 9.62 Å². The van der Waals surface area contributed by atoms with Gasteiger partial charge < -0.3 is 5.32 Å². The van der Waals surface area contributed by atoms with Crippen molar-refractivity contribution in [2.45, 2.75) is 36.2 Å². The fourth-order valence-electron chi connectivity index (χ4n) is 4.07. The molecule has 0 aliphatic carbocycles. The second-order valence-electron chi connectivity index (χ2n) is 6.90. The van der Waals surface area contributed by atoms with Crippen LogP contribution in [0.4, 0.5) is 0 Å². The van der Waals surface area contributed by atoms with Crippen molar-refractivity contribution < 1.29 is 13.2 Å². The average Bonchev–Trinajstić information content (AvgIpc) is 2.95. The van der Waals surface area contributed by atoms with E-state index >= 15 is 0 Å². The van der Waals surface area contributed by atoms with Crippen molar-refractivity contribution in [1.29, 1.82) is 0 Å². The van der Waals surface area contributed by atoms with Crippen molar-refractivity contribution in [2.75, 3.05) is 13.1 Å². The lowest BCUT2D eigenvalue weighted by Crippen LogP contribution is -2.42. The van der Waals surface area contributed by atoms with Crippen molar-refractivity contribution in [3.63, 3.8) is 0 Å². The normalized spacial score (nSPS) is 23.5. The van der Waals surface area contributed by atoms with Gasteiger partial charge in [-0.05, 0) is 37.9 Å². The summed E-state index contributed by atoms with van der Waals surface area (Å²) in [6.07, 6.45) is 2.57. The lowest BCUT2D eigenvalue weighted by atomic mass is 10.0. The minimum atomic E-state index is -3.73. The molecule has 0 radical (unpaired) electrons. The summed E-state index contributed by atoms with van der Waals surface area (Å²) in [7, 11) is -3.73. The Kier molecular flexibility index (Phi) is 4.65. The third-order valence-electron chi connectivity index (χ3n) is 5.31. The van der Waals surface area contributed by atoms with Crippen LogP contribution in [0.2, 0.25) is 0 Å². The predicted octanol–water partition coefficient (Wildman–Crippen LogP) is 2.43. The molecule has 2 aliphatic heterocycles. The van der Waals surface area contributed by atoms with Crippen LogP contribution < -0.4 is 5.32 Å². The second-order valence-corrected chi connectivity index (χ2v) is 8.72. The zero-order chi connectivity index (χ0) is 18.1. The highest BCUT2D eigenvalue weighted by atomic mass is 32.2. The highest BCUT2D eigenvalue weighted by Crippen LogP contribution is 2.35. The molecule has 1 N–H and O–H groups in total. The van der Waals surface area contributed by atoms with Gasteiger partial charge in [-0.25, -0.2) is 8.42 Å². The van der Waals surface area contributed by atoms with Crippen LogP contribution >= 0.6 is 0 Å². The molecule has 0 amide bonds. The molecule has 6 heteroatoms. The first kappa shape index (κ1) is 17.4. The Bertz CT molecular complexity index is 898. The first-order valence-corrected chi connectivity index (χ1v) is 10.5. The molecule has 5 nitrogen and oxygen atoms in total. The summed E-state index contributed by atoms with van der Waals surface area (Å²) in [5.41, 5.74) is 0.742. The minimum absolute atomic E-state index is 0.0138. The highest BCUT2D eigenvalue weighted by Gasteiger charge is 2.44. The fourth-order valence-corrected chi connectivity index (χ4v) is 6.16. The first-order valence-electron chi connectivity index (χ1n) is 9.02. The topological polar surface area (TPSA) is 66.5 Å². The van der Waals surface area contributed by atoms with Crippen molar-refractivity contribution in [2.24, 2.45) is 0 Å². The van der Waals surface area contributed by atoms with Crippen LogP contribution in [0.15, 0.2) is 59.5 Å². The van der Waals surface area contributed by atoms with Crippen LogP contribution in [0, 0.1) is 0 Å². The van der Waals surface area contributed by atoms with E-state index in [0.717, 1.165) is 25.8 Å². The Balaban J connectivity index is 1.77. The maximum absolute atomic E-state index is 13.5. The molecule has 2 atom stereocenters. The number of hydrogen-bond acceptors (Lipinski definition) is 4. The van der Waals surface area contributed by atoms with Gasteiger partial charge in [-0.1, -0.05) is 42.5 Å². The molecular weight excluding hydrogens is 348 g/mol. The van der Waals surface area contributed by atoms with Gasteiger partial charge in [0.25, 0.3) is 0 Å². The van der Waals surface area contributed by atoms with Gasteiger partial charge in [-0.3, -0.25) is 4.79 Å². The maximum atomic E-state index is 13.5. The zero-order valence-electron chi connectivity index (χ0n) is 14.5. The number of sulfonamides is 1. The predicted molar refractivity (Wildman–Crippen MR) is 99.6 cm³/mol. The van der Waals surface area contributed by atoms with Crippen LogP contribution in [0.25, 0.3) is 0 Å². The molecule has 0 saturated carbocycles. The average molecular weight is 370 g/mol. The smallest absolute Gasteiger partial charge is 0.244 e. The molecule has 2 aromatic rings. The molecule has 0 aromatic heterocycles. The van der Waals surface area contributed by atoms with Crippen LogP contribution in [0.5, 0.6) is 0 Å². The summed E-state index contributed by atoms with van der Waals surface area (Å²) < 4.78 is 28.7. The van der Waals surface area contributed by atoms with E-state index in [9.17, 15) is 13.2 Å². The number of benzene rings is 2. The van der Waals surface area contributed by atoms with Crippen LogP contribution in [0.3, 0.4) is 0 Å². The molecule has 2 saturated heterocycles. The zero-order valence-corrected chi connectivity index (χ0v) is 15.3. The molecule has 26 heavy (non-hydrogen) atoms. The highest BCUT2D eigenvalue weighted by molar-refractivity contribution is 7.89. The summed E-state index contributed by atoms with van der Waals surface area (Å²) in [6, 6.07) is 15.4. The fraction of sp³-hybridized carbons (Fsp3) is 0.350. The van der Waals surface area contributed by atoms with Gasteiger partial charge in [0.15, 0.2) is 5.78 Å². The first-order chi connectivity index (χ1) is 12.6. The summed E-state index contributed by atoms with van der Waals surface area (Å²) >= 11 is 0. The third-order valence-corrected chi connectivity index (χ3v) is 7.37. The van der Waals surface area contributed by atoms with Gasteiger partial charge in [0.1, 0.15) is 0 Å². The lowest BCUT2D eigenvalue weighted by Gasteiger charge is -2.27. The second kappa shape index (κ2) is 6.95. The van der Waals surface area contributed by atoms with E-state index in [2.05, 4.69) is 5.32 Å². The quantitative estimate of drug-likeness (QED) is 0.840. The Morgan fingerprint density at radius 1 is 0.923 bits per heavy atom. The minimum Gasteiger partial charge on any atom is -0.315 e. The summed E-state index contributed by atoms with van der Waals surface area (Å²) in [4.78, 5) is 13.1. The molecule has 4 rings (SSSR count). The van der Waals surface area contributed by atoms with Gasteiger partial charge in [0.05, 0.1) is 4.90 Å². The lowest BCUT2D eigenvalue weighted by molar-refractivity contribution is 0.103. The van der Waals surface area contributed by atoms with Crippen LogP contribution in [0.1, 0.15) is 35.2 Å². The van der Waals surface area contributed by atoms with E-state index in [-0.39, 0.29) is 28.3 Å². The van der Waals surface area contributed by atoms with Gasteiger partial charge in [-0.15, -0.1) is 0 Å². The Morgan fingerprint density at radius 3 is 2.42 bits per heavy atom. The van der Waals surface area contributed by atoms with Crippen molar-refractivity contribution in [3.05, 3.63) is 65.7 Å². The van der Waals surface area contributed by atoms with E-state index in [1.807, 2.05) is 6.07 Å². The van der Waals surface area contributed by atoms with Crippen molar-refractivity contribution in [3.8, 4) is 0 Å². The van der Waals surface area contributed by atoms with Crippen LogP contribution in [-0.4, -0.2) is 43.7 Å². The van der Waals surface area contributed by atoms with E-state index in [1.165, 1.54) is 0 Å². The maximum Gasteiger partial charge on any atom is 0.244 e. The van der Waals surface area contributed by atoms with E-state index < -0.39 is 10.0 Å². The molecule has 2 heterocycles. The molecule has 136 valence electrons. The Hall–Kier alpha value is -2.02. The molecule has 2 fully saturated rings. The molecule has 2 aliphatic rings. The number of ketones is 1. The molecular formula is C20H22N2O3S. The SMILES string of the molecule is O=C(c1ccccc1)c1ccccc1S(=O)(=O)N1C2CCNCC1CC2. The van der Waals surface area contributed by atoms with Crippen molar-refractivity contribution >= 4 is 15.8 Å². The van der Waals surface area contributed by atoms with E-state index in [1.54, 1.807) is 52.8 Å². The number of fused-ring (bicyclic) bond motifs is 2. The summed E-state index contributed by atoms with van der Waals surface area (Å²) in [5.74, 6) is -0.259. The largest absolute Gasteiger partial charge is 0.315 e. The number of hydrogen-bond donors (Lipinski definition) is 1. The summed E-state index contributed by atoms with van der Waals surface area (Å²) in [6.45, 7) is 1.50. The number of nitrogens with one attached hydrogen (secondary N) is 1. The number of carbonyl (C=O) groups excluding carboxylic acids is 1. The van der Waals surface area contributed by atoms with E-state index in [0.29, 0.717) is 12.1 Å². The molecule has 0 spiro atoms. The Morgan fingerprint density at radius 2 is 1.62 bits per heavy atom. The van der Waals surface area contributed by atoms with Gasteiger partial charge in [0, 0.05) is 29.8 Å². The monoisotopic (exact) mass is 370 g/mol. The number of carbonyl (C=O) groups is 1. The molecule has 2 aromatic carbocycles. The van der Waals surface area contributed by atoms with Crippen LogP contribution in [-0.2, 0) is 10.0 Å². The third kappa shape index (κ3) is 2.98. The summed E-state index contributed by atoms with van der Waals surface area (Å²) in [5, 5.41) is 3.32. The standard InChI is InChI=1S/C20H22N2O3S/c23-20(15-6-2-1-3-7-15)18-8-4-5-9-19(18)26(24,25)22-16-10-11-17(22)14-21-13-12-16/h1-9,16-17,21H,10-14H2. The molecule has 2 bridgehead atoms. The van der Waals surface area contributed by atoms with Gasteiger partial charge in [0.2, 0.25) is 10.0 Å². The van der Waals surface area contributed by atoms with Gasteiger partial charge >= 0.3 is 0 Å². The number of nitrogens with zero attached hydrogens (tertiary/aromatic N) is 1. The van der Waals surface area contributed by atoms with E-state index in [4.69, 9.17) is 0 Å². The van der Waals surface area contributed by atoms with Gasteiger partial charge in [-0.2, -0.15) is 4.31 Å².